The number of hydrogen-bond donors (Lipinski definition) is 3. The first-order chi connectivity index (χ1) is 8.10. The van der Waals surface area contributed by atoms with E-state index in [0.717, 1.165) is 0 Å². The van der Waals surface area contributed by atoms with Gasteiger partial charge in [-0.25, -0.2) is 9.59 Å². The molecule has 0 saturated carbocycles. The van der Waals surface area contributed by atoms with E-state index in [9.17, 15) is 9.59 Å². The number of rotatable bonds is 4. The highest BCUT2D eigenvalue weighted by Gasteiger charge is 2.17. The van der Waals surface area contributed by atoms with Gasteiger partial charge in [-0.15, -0.1) is 0 Å². The van der Waals surface area contributed by atoms with Crippen LogP contribution in [0.4, 0.5) is 9.59 Å². The van der Waals surface area contributed by atoms with Crippen LogP contribution in [0.5, 0.6) is 0 Å². The summed E-state index contributed by atoms with van der Waals surface area (Å²) in [5.41, 5.74) is -0.522. The molecule has 0 rings (SSSR count). The molecule has 0 heterocycles. The van der Waals surface area contributed by atoms with Gasteiger partial charge < -0.3 is 20.7 Å². The van der Waals surface area contributed by atoms with Crippen LogP contribution in [0.3, 0.4) is 0 Å². The molecule has 0 aliphatic rings. The van der Waals surface area contributed by atoms with Gasteiger partial charge in [0.2, 0.25) is 0 Å². The van der Waals surface area contributed by atoms with Gasteiger partial charge in [-0.2, -0.15) is 0 Å². The molecule has 6 heteroatoms. The number of ether oxygens (including phenoxy) is 1. The Morgan fingerprint density at radius 1 is 1.11 bits per heavy atom. The first kappa shape index (κ1) is 16.5. The van der Waals surface area contributed by atoms with E-state index in [-0.39, 0.29) is 18.1 Å². The lowest BCUT2D eigenvalue weighted by molar-refractivity contribution is 0.0508. The number of hydrogen-bond acceptors (Lipinski definition) is 3. The molecule has 0 unspecified atom stereocenters. The lowest BCUT2D eigenvalue weighted by Gasteiger charge is -2.22. The molecule has 0 fully saturated rings. The summed E-state index contributed by atoms with van der Waals surface area (Å²) >= 11 is 0. The lowest BCUT2D eigenvalue weighted by atomic mass is 10.2. The van der Waals surface area contributed by atoms with Crippen LogP contribution in [0.25, 0.3) is 0 Å². The molecule has 0 aliphatic carbocycles. The second kappa shape index (κ2) is 7.08. The van der Waals surface area contributed by atoms with Crippen molar-refractivity contribution in [2.45, 2.75) is 59.2 Å². The Hall–Kier alpha value is -1.46. The Kier molecular flexibility index (Phi) is 6.51. The summed E-state index contributed by atoms with van der Waals surface area (Å²) in [6.45, 7) is 11.3. The second-order valence-electron chi connectivity index (χ2n) is 5.56. The summed E-state index contributed by atoms with van der Waals surface area (Å²) in [6, 6.07) is -0.361. The van der Waals surface area contributed by atoms with Crippen LogP contribution in [0.15, 0.2) is 0 Å². The molecule has 3 amide bonds. The van der Waals surface area contributed by atoms with Crippen molar-refractivity contribution >= 4 is 12.1 Å². The van der Waals surface area contributed by atoms with Crippen molar-refractivity contribution in [3.05, 3.63) is 0 Å². The van der Waals surface area contributed by atoms with Crippen molar-refractivity contribution in [2.75, 3.05) is 6.54 Å². The van der Waals surface area contributed by atoms with Gasteiger partial charge in [-0.05, 0) is 41.5 Å². The molecule has 0 saturated heterocycles. The maximum atomic E-state index is 11.4. The third-order valence-electron chi connectivity index (χ3n) is 1.75. The zero-order valence-corrected chi connectivity index (χ0v) is 12.1. The van der Waals surface area contributed by atoms with E-state index in [4.69, 9.17) is 4.74 Å². The van der Waals surface area contributed by atoms with Crippen molar-refractivity contribution in [2.24, 2.45) is 0 Å². The first-order valence-corrected chi connectivity index (χ1v) is 6.14. The van der Waals surface area contributed by atoms with Crippen LogP contribution in [0.1, 0.15) is 41.5 Å². The molecule has 0 radical (unpaired) electrons. The highest BCUT2D eigenvalue weighted by atomic mass is 16.6. The smallest absolute Gasteiger partial charge is 0.407 e. The van der Waals surface area contributed by atoms with E-state index in [1.807, 2.05) is 13.8 Å². The highest BCUT2D eigenvalue weighted by Crippen LogP contribution is 2.06. The van der Waals surface area contributed by atoms with Crippen LogP contribution >= 0.6 is 0 Å². The van der Waals surface area contributed by atoms with Gasteiger partial charge >= 0.3 is 12.1 Å². The monoisotopic (exact) mass is 259 g/mol. The van der Waals surface area contributed by atoms with Crippen molar-refractivity contribution in [3.63, 3.8) is 0 Å². The summed E-state index contributed by atoms with van der Waals surface area (Å²) in [4.78, 5) is 22.7. The summed E-state index contributed by atoms with van der Waals surface area (Å²) in [7, 11) is 0. The standard InChI is InChI=1S/C12H25N3O3/c1-8(2)14-10(16)13-7-9(3)15-11(17)18-12(4,5)6/h8-9H,7H2,1-6H3,(H,15,17)(H2,13,14,16)/t9-/m0/s1. The zero-order chi connectivity index (χ0) is 14.3. The van der Waals surface area contributed by atoms with E-state index >= 15 is 0 Å². The lowest BCUT2D eigenvalue weighted by Crippen LogP contribution is -2.47. The van der Waals surface area contributed by atoms with Gasteiger partial charge in [0.1, 0.15) is 5.60 Å². The minimum atomic E-state index is -0.522. The van der Waals surface area contributed by atoms with E-state index in [1.54, 1.807) is 27.7 Å². The zero-order valence-electron chi connectivity index (χ0n) is 12.1. The van der Waals surface area contributed by atoms with Crippen molar-refractivity contribution in [3.8, 4) is 0 Å². The van der Waals surface area contributed by atoms with E-state index < -0.39 is 11.7 Å². The highest BCUT2D eigenvalue weighted by molar-refractivity contribution is 5.74. The van der Waals surface area contributed by atoms with Gasteiger partial charge in [0.15, 0.2) is 0 Å². The normalized spacial score (nSPS) is 12.8. The third-order valence-corrected chi connectivity index (χ3v) is 1.75. The number of nitrogens with one attached hydrogen (secondary N) is 3. The van der Waals surface area contributed by atoms with Crippen LogP contribution in [-0.2, 0) is 4.74 Å². The average molecular weight is 259 g/mol. The molecule has 0 bridgehead atoms. The summed E-state index contributed by atoms with van der Waals surface area (Å²) in [5, 5.41) is 8.00. The molecule has 18 heavy (non-hydrogen) atoms. The Balaban J connectivity index is 3.87. The predicted molar refractivity (Wildman–Crippen MR) is 70.5 cm³/mol. The molecule has 3 N–H and O–H groups in total. The second-order valence-corrected chi connectivity index (χ2v) is 5.56. The Morgan fingerprint density at radius 2 is 1.67 bits per heavy atom. The predicted octanol–water partition coefficient (Wildman–Crippen LogP) is 1.61. The van der Waals surface area contributed by atoms with Crippen molar-refractivity contribution in [1.29, 1.82) is 0 Å². The quantitative estimate of drug-likeness (QED) is 0.717. The molecule has 106 valence electrons. The topological polar surface area (TPSA) is 79.5 Å². The average Bonchev–Trinajstić information content (AvgIpc) is 2.10. The molecule has 1 atom stereocenters. The largest absolute Gasteiger partial charge is 0.444 e. The number of amides is 3. The number of carbonyl (C=O) groups excluding carboxylic acids is 2. The van der Waals surface area contributed by atoms with Crippen LogP contribution in [0, 0.1) is 0 Å². The maximum absolute atomic E-state index is 11.4. The van der Waals surface area contributed by atoms with Crippen molar-refractivity contribution < 1.29 is 14.3 Å². The van der Waals surface area contributed by atoms with E-state index in [1.165, 1.54) is 0 Å². The van der Waals surface area contributed by atoms with Crippen LogP contribution < -0.4 is 16.0 Å². The van der Waals surface area contributed by atoms with Gasteiger partial charge in [-0.3, -0.25) is 0 Å². The third kappa shape index (κ3) is 9.74. The van der Waals surface area contributed by atoms with Crippen LogP contribution in [0.2, 0.25) is 0 Å². The summed E-state index contributed by atoms with van der Waals surface area (Å²) in [6.07, 6.45) is -0.485. The van der Waals surface area contributed by atoms with E-state index in [0.29, 0.717) is 6.54 Å². The first-order valence-electron chi connectivity index (χ1n) is 6.14. The fraction of sp³-hybridized carbons (Fsp3) is 0.833. The Bertz CT molecular complexity index is 285. The van der Waals surface area contributed by atoms with Gasteiger partial charge in [0, 0.05) is 18.6 Å². The Labute approximate surface area is 109 Å². The molecular weight excluding hydrogens is 234 g/mol. The Morgan fingerprint density at radius 3 is 2.11 bits per heavy atom. The fourth-order valence-corrected chi connectivity index (χ4v) is 1.12. The summed E-state index contributed by atoms with van der Waals surface area (Å²) in [5.74, 6) is 0. The molecular formula is C12H25N3O3. The molecule has 6 nitrogen and oxygen atoms in total. The van der Waals surface area contributed by atoms with Crippen molar-refractivity contribution in [1.82, 2.24) is 16.0 Å². The maximum Gasteiger partial charge on any atom is 0.407 e. The van der Waals surface area contributed by atoms with Gasteiger partial charge in [-0.1, -0.05) is 0 Å². The summed E-state index contributed by atoms with van der Waals surface area (Å²) < 4.78 is 5.10. The van der Waals surface area contributed by atoms with Gasteiger partial charge in [0.25, 0.3) is 0 Å². The number of alkyl carbamates (subject to hydrolysis) is 1. The molecule has 0 aromatic heterocycles. The fourth-order valence-electron chi connectivity index (χ4n) is 1.12. The minimum absolute atomic E-state index is 0.0825. The van der Waals surface area contributed by atoms with E-state index in [2.05, 4.69) is 16.0 Å². The minimum Gasteiger partial charge on any atom is -0.444 e. The molecule has 0 aliphatic heterocycles. The number of carbonyl (C=O) groups is 2. The SMILES string of the molecule is CC(C)NC(=O)NC[C@H](C)NC(=O)OC(C)(C)C. The molecule has 0 aromatic rings. The number of urea groups is 1. The molecule has 0 spiro atoms. The van der Waals surface area contributed by atoms with Gasteiger partial charge in [0.05, 0.1) is 0 Å². The molecule has 0 aromatic carbocycles. The van der Waals surface area contributed by atoms with Crippen LogP contribution in [-0.4, -0.2) is 36.4 Å².